The summed E-state index contributed by atoms with van der Waals surface area (Å²) < 4.78 is 0. The maximum absolute atomic E-state index is 6.02. The van der Waals surface area contributed by atoms with E-state index < -0.39 is 0 Å². The van der Waals surface area contributed by atoms with Crippen molar-refractivity contribution >= 4 is 29.0 Å². The predicted octanol–water partition coefficient (Wildman–Crippen LogP) is 3.11. The van der Waals surface area contributed by atoms with Crippen LogP contribution in [-0.4, -0.2) is 24.6 Å². The van der Waals surface area contributed by atoms with Crippen molar-refractivity contribution in [2.45, 2.75) is 12.8 Å². The zero-order valence-corrected chi connectivity index (χ0v) is 11.0. The summed E-state index contributed by atoms with van der Waals surface area (Å²) in [7, 11) is 0. The highest BCUT2D eigenvalue weighted by Gasteiger charge is 2.05. The number of nitrogens with one attached hydrogen (secondary N) is 2. The first kappa shape index (κ1) is 12.7. The van der Waals surface area contributed by atoms with Gasteiger partial charge in [0.15, 0.2) is 0 Å². The van der Waals surface area contributed by atoms with Crippen LogP contribution in [0.5, 0.6) is 0 Å². The molecule has 0 atom stereocenters. The number of aromatic nitrogens is 1. The smallest absolute Gasteiger partial charge is 0.144 e. The zero-order valence-electron chi connectivity index (χ0n) is 9.47. The summed E-state index contributed by atoms with van der Waals surface area (Å²) in [5.74, 6) is 0.700. The Kier molecular flexibility index (Phi) is 4.66. The monoisotopic (exact) mass is 271 g/mol. The minimum absolute atomic E-state index is 0.557. The van der Waals surface area contributed by atoms with Crippen LogP contribution < -0.4 is 10.6 Å². The van der Waals surface area contributed by atoms with Crippen LogP contribution in [0.15, 0.2) is 23.9 Å². The summed E-state index contributed by atoms with van der Waals surface area (Å²) in [4.78, 5) is 4.15. The number of anilines is 1. The highest BCUT2D eigenvalue weighted by Crippen LogP contribution is 2.22. The van der Waals surface area contributed by atoms with Crippen LogP contribution in [0.25, 0.3) is 0 Å². The average molecular weight is 272 g/mol. The Labute approximate surface area is 111 Å². The highest BCUT2D eigenvalue weighted by molar-refractivity contribution is 6.35. The summed E-state index contributed by atoms with van der Waals surface area (Å²) in [6.45, 7) is 2.90. The number of hydrogen-bond acceptors (Lipinski definition) is 3. The number of rotatable bonds is 4. The second-order valence-corrected chi connectivity index (χ2v) is 4.82. The Morgan fingerprint density at radius 1 is 1.41 bits per heavy atom. The van der Waals surface area contributed by atoms with E-state index in [0.717, 1.165) is 32.5 Å². The Balaban J connectivity index is 1.83. The lowest BCUT2D eigenvalue weighted by Crippen LogP contribution is -2.21. The Bertz CT molecular complexity index is 418. The summed E-state index contributed by atoms with van der Waals surface area (Å²) >= 11 is 11.8. The lowest BCUT2D eigenvalue weighted by Gasteiger charge is -2.14. The lowest BCUT2D eigenvalue weighted by molar-refractivity contribution is 0.683. The average Bonchev–Trinajstić information content (AvgIpc) is 2.33. The maximum atomic E-state index is 6.02. The predicted molar refractivity (Wildman–Crippen MR) is 72.9 cm³/mol. The third kappa shape index (κ3) is 3.87. The number of hydrogen-bond donors (Lipinski definition) is 2. The number of halogens is 2. The van der Waals surface area contributed by atoms with E-state index in [-0.39, 0.29) is 0 Å². The van der Waals surface area contributed by atoms with Crippen LogP contribution in [0, 0.1) is 0 Å². The van der Waals surface area contributed by atoms with Crippen LogP contribution in [0.3, 0.4) is 0 Å². The molecule has 0 spiro atoms. The van der Waals surface area contributed by atoms with Crippen molar-refractivity contribution in [1.82, 2.24) is 10.3 Å². The van der Waals surface area contributed by atoms with Crippen LogP contribution in [-0.2, 0) is 0 Å². The SMILES string of the molecule is Clc1cnc(NCCC2=CCNCC2)c(Cl)c1. The molecule has 0 amide bonds. The van der Waals surface area contributed by atoms with Crippen LogP contribution in [0.2, 0.25) is 10.0 Å². The molecule has 0 unspecified atom stereocenters. The van der Waals surface area contributed by atoms with E-state index >= 15 is 0 Å². The molecule has 92 valence electrons. The molecule has 0 saturated heterocycles. The van der Waals surface area contributed by atoms with E-state index in [9.17, 15) is 0 Å². The van der Waals surface area contributed by atoms with Gasteiger partial charge in [0.25, 0.3) is 0 Å². The fraction of sp³-hybridized carbons (Fsp3) is 0.417. The molecule has 1 aromatic heterocycles. The zero-order chi connectivity index (χ0) is 12.1. The van der Waals surface area contributed by atoms with Gasteiger partial charge < -0.3 is 10.6 Å². The van der Waals surface area contributed by atoms with Crippen LogP contribution >= 0.6 is 23.2 Å². The molecular weight excluding hydrogens is 257 g/mol. The van der Waals surface area contributed by atoms with Gasteiger partial charge in [-0.25, -0.2) is 4.98 Å². The normalized spacial score (nSPS) is 15.5. The number of pyridine rings is 1. The molecule has 0 saturated carbocycles. The molecule has 2 rings (SSSR count). The summed E-state index contributed by atoms with van der Waals surface area (Å²) in [6.07, 6.45) is 6.01. The lowest BCUT2D eigenvalue weighted by atomic mass is 10.1. The summed E-state index contributed by atoms with van der Waals surface area (Å²) in [6, 6.07) is 1.70. The first-order valence-electron chi connectivity index (χ1n) is 5.69. The van der Waals surface area contributed by atoms with Gasteiger partial charge in [-0.3, -0.25) is 0 Å². The van der Waals surface area contributed by atoms with Crippen LogP contribution in [0.4, 0.5) is 5.82 Å². The van der Waals surface area contributed by atoms with E-state index in [4.69, 9.17) is 23.2 Å². The van der Waals surface area contributed by atoms with E-state index in [1.54, 1.807) is 12.3 Å². The van der Waals surface area contributed by atoms with Gasteiger partial charge in [-0.1, -0.05) is 34.9 Å². The van der Waals surface area contributed by atoms with E-state index in [2.05, 4.69) is 21.7 Å². The van der Waals surface area contributed by atoms with Gasteiger partial charge in [-0.2, -0.15) is 0 Å². The topological polar surface area (TPSA) is 37.0 Å². The van der Waals surface area contributed by atoms with Crippen molar-refractivity contribution in [3.63, 3.8) is 0 Å². The van der Waals surface area contributed by atoms with Gasteiger partial charge in [0, 0.05) is 19.3 Å². The third-order valence-corrected chi connectivity index (χ3v) is 3.20. The molecule has 2 heterocycles. The maximum Gasteiger partial charge on any atom is 0.144 e. The molecule has 17 heavy (non-hydrogen) atoms. The Morgan fingerprint density at radius 2 is 2.29 bits per heavy atom. The van der Waals surface area contributed by atoms with Crippen molar-refractivity contribution < 1.29 is 0 Å². The van der Waals surface area contributed by atoms with Gasteiger partial charge in [-0.05, 0) is 25.5 Å². The first-order valence-corrected chi connectivity index (χ1v) is 6.45. The molecule has 5 heteroatoms. The van der Waals surface area contributed by atoms with Gasteiger partial charge in [0.1, 0.15) is 5.82 Å². The minimum Gasteiger partial charge on any atom is -0.369 e. The van der Waals surface area contributed by atoms with Crippen molar-refractivity contribution in [2.75, 3.05) is 25.0 Å². The van der Waals surface area contributed by atoms with Crippen molar-refractivity contribution in [3.8, 4) is 0 Å². The van der Waals surface area contributed by atoms with Crippen molar-refractivity contribution in [1.29, 1.82) is 0 Å². The second kappa shape index (κ2) is 6.24. The molecule has 1 aromatic rings. The first-order chi connectivity index (χ1) is 8.25. The molecule has 0 radical (unpaired) electrons. The summed E-state index contributed by atoms with van der Waals surface area (Å²) in [5.41, 5.74) is 1.49. The van der Waals surface area contributed by atoms with E-state index in [1.165, 1.54) is 5.57 Å². The van der Waals surface area contributed by atoms with Crippen LogP contribution in [0.1, 0.15) is 12.8 Å². The standard InChI is InChI=1S/C12H15Cl2N3/c13-10-7-11(14)12(17-8-10)16-6-3-9-1-4-15-5-2-9/h1,7-8,15H,2-6H2,(H,16,17). The highest BCUT2D eigenvalue weighted by atomic mass is 35.5. The minimum atomic E-state index is 0.557. The molecule has 0 fully saturated rings. The van der Waals surface area contributed by atoms with Crippen molar-refractivity contribution in [2.24, 2.45) is 0 Å². The molecular formula is C12H15Cl2N3. The third-order valence-electron chi connectivity index (χ3n) is 2.70. The largest absolute Gasteiger partial charge is 0.369 e. The molecule has 1 aliphatic rings. The Morgan fingerprint density at radius 3 is 3.00 bits per heavy atom. The molecule has 3 nitrogen and oxygen atoms in total. The van der Waals surface area contributed by atoms with Gasteiger partial charge >= 0.3 is 0 Å². The van der Waals surface area contributed by atoms with Gasteiger partial charge in [0.2, 0.25) is 0 Å². The molecule has 1 aliphatic heterocycles. The number of nitrogens with zero attached hydrogens (tertiary/aromatic N) is 1. The molecule has 0 bridgehead atoms. The molecule has 2 N–H and O–H groups in total. The molecule has 0 aromatic carbocycles. The van der Waals surface area contributed by atoms with E-state index in [1.807, 2.05) is 0 Å². The molecule has 0 aliphatic carbocycles. The Hall–Kier alpha value is -0.770. The summed E-state index contributed by atoms with van der Waals surface area (Å²) in [5, 5.41) is 7.64. The van der Waals surface area contributed by atoms with E-state index in [0.29, 0.717) is 15.9 Å². The quantitative estimate of drug-likeness (QED) is 0.827. The van der Waals surface area contributed by atoms with Crippen molar-refractivity contribution in [3.05, 3.63) is 34.0 Å². The fourth-order valence-electron chi connectivity index (χ4n) is 1.78. The fourth-order valence-corrected chi connectivity index (χ4v) is 2.23. The van der Waals surface area contributed by atoms with Gasteiger partial charge in [-0.15, -0.1) is 0 Å². The second-order valence-electron chi connectivity index (χ2n) is 3.98. The van der Waals surface area contributed by atoms with Gasteiger partial charge in [0.05, 0.1) is 10.0 Å².